The summed E-state index contributed by atoms with van der Waals surface area (Å²) >= 11 is 0. The van der Waals surface area contributed by atoms with Crippen LogP contribution in [0.25, 0.3) is 21.9 Å². The maximum atomic E-state index is 13.0. The highest BCUT2D eigenvalue weighted by atomic mass is 16.7. The minimum Gasteiger partial charge on any atom is -0.508 e. The van der Waals surface area contributed by atoms with Crippen molar-refractivity contribution >= 4 is 21.9 Å². The zero-order valence-corrected chi connectivity index (χ0v) is 15.2. The van der Waals surface area contributed by atoms with Gasteiger partial charge >= 0.3 is 0 Å². The fraction of sp³-hybridized carbons (Fsp3) is 0.316. The molecule has 0 unspecified atom stereocenters. The summed E-state index contributed by atoms with van der Waals surface area (Å²) in [6.45, 7) is -0.689. The molecule has 1 aliphatic rings. The number of rotatable bonds is 3. The van der Waals surface area contributed by atoms with Crippen LogP contribution in [0.5, 0.6) is 23.0 Å². The van der Waals surface area contributed by atoms with E-state index in [4.69, 9.17) is 13.9 Å². The Morgan fingerprint density at radius 2 is 1.67 bits per heavy atom. The average Bonchev–Trinajstić information content (AvgIpc) is 2.70. The first kappa shape index (κ1) is 20.2. The molecule has 11 nitrogen and oxygen atoms in total. The number of ether oxygens (including phenoxy) is 2. The Balaban J connectivity index is 1.87. The van der Waals surface area contributed by atoms with Crippen molar-refractivity contribution in [2.45, 2.75) is 30.7 Å². The maximum Gasteiger partial charge on any atom is 0.229 e. The number of hydrogen-bond acceptors (Lipinski definition) is 11. The number of benzene rings is 2. The molecule has 1 aromatic heterocycles. The summed E-state index contributed by atoms with van der Waals surface area (Å²) in [5.74, 6) is -1.96. The highest BCUT2D eigenvalue weighted by Crippen LogP contribution is 2.37. The molecule has 160 valence electrons. The average molecular weight is 422 g/mol. The molecule has 7 N–H and O–H groups in total. The Morgan fingerprint density at radius 1 is 0.933 bits per heavy atom. The molecule has 0 spiro atoms. The molecule has 11 heteroatoms. The first-order chi connectivity index (χ1) is 14.2. The molecular formula is C19H18O11. The molecule has 2 heterocycles. The topological polar surface area (TPSA) is 190 Å². The van der Waals surface area contributed by atoms with Crippen LogP contribution in [0, 0.1) is 0 Å². The zero-order chi connectivity index (χ0) is 21.7. The first-order valence-corrected chi connectivity index (χ1v) is 8.84. The highest BCUT2D eigenvalue weighted by molar-refractivity contribution is 5.97. The predicted octanol–water partition coefficient (Wildman–Crippen LogP) is -0.758. The number of aromatic hydroxyl groups is 3. The highest BCUT2D eigenvalue weighted by Gasteiger charge is 2.45. The Kier molecular flexibility index (Phi) is 4.92. The molecule has 0 radical (unpaired) electrons. The second-order valence-corrected chi connectivity index (χ2v) is 6.87. The lowest BCUT2D eigenvalue weighted by Crippen LogP contribution is -2.60. The molecule has 0 saturated carbocycles. The van der Waals surface area contributed by atoms with Crippen LogP contribution < -0.4 is 10.2 Å². The second-order valence-electron chi connectivity index (χ2n) is 6.87. The van der Waals surface area contributed by atoms with Gasteiger partial charge in [-0.05, 0) is 12.1 Å². The van der Waals surface area contributed by atoms with E-state index >= 15 is 0 Å². The van der Waals surface area contributed by atoms with Gasteiger partial charge < -0.3 is 49.6 Å². The summed E-state index contributed by atoms with van der Waals surface area (Å²) in [4.78, 5) is 13.0. The van der Waals surface area contributed by atoms with Gasteiger partial charge in [-0.15, -0.1) is 0 Å². The van der Waals surface area contributed by atoms with Crippen LogP contribution in [0.1, 0.15) is 0 Å². The summed E-state index contributed by atoms with van der Waals surface area (Å²) in [5, 5.41) is 68.4. The number of hydrogen-bond donors (Lipinski definition) is 7. The van der Waals surface area contributed by atoms with Crippen molar-refractivity contribution in [1.82, 2.24) is 0 Å². The van der Waals surface area contributed by atoms with Gasteiger partial charge in [-0.25, -0.2) is 0 Å². The quantitative estimate of drug-likeness (QED) is 0.207. The van der Waals surface area contributed by atoms with E-state index in [0.29, 0.717) is 0 Å². The Morgan fingerprint density at radius 3 is 2.37 bits per heavy atom. The standard InChI is InChI=1S/C19H18O11/c20-5-11-15(24)17(26)18(27)19(30-11)29-10-4-6(21)3-9-12(10)16(25)13-8(28-9)2-1-7(22)14(13)23/h1-4,11,15,17-24,26-27H,5H2/t11-,15-,17-,18-,19-/m1/s1. The van der Waals surface area contributed by atoms with Crippen LogP contribution in [-0.4, -0.2) is 73.1 Å². The lowest BCUT2D eigenvalue weighted by molar-refractivity contribution is -0.277. The van der Waals surface area contributed by atoms with Gasteiger partial charge in [-0.2, -0.15) is 0 Å². The van der Waals surface area contributed by atoms with Crippen molar-refractivity contribution < 1.29 is 49.6 Å². The van der Waals surface area contributed by atoms with E-state index in [2.05, 4.69) is 0 Å². The summed E-state index contributed by atoms with van der Waals surface area (Å²) < 4.78 is 16.3. The molecule has 2 aromatic carbocycles. The summed E-state index contributed by atoms with van der Waals surface area (Å²) in [6.07, 6.45) is -7.97. The van der Waals surface area contributed by atoms with E-state index in [1.807, 2.05) is 0 Å². The minimum atomic E-state index is -1.76. The van der Waals surface area contributed by atoms with Gasteiger partial charge in [0.1, 0.15) is 57.9 Å². The van der Waals surface area contributed by atoms with Gasteiger partial charge in [0.05, 0.1) is 6.61 Å². The van der Waals surface area contributed by atoms with Gasteiger partial charge in [-0.3, -0.25) is 4.79 Å². The van der Waals surface area contributed by atoms with Crippen LogP contribution in [0.15, 0.2) is 33.5 Å². The van der Waals surface area contributed by atoms with Crippen LogP contribution in [0.2, 0.25) is 0 Å². The Hall–Kier alpha value is -3.09. The van der Waals surface area contributed by atoms with Crippen molar-refractivity contribution in [2.24, 2.45) is 0 Å². The number of fused-ring (bicyclic) bond motifs is 2. The predicted molar refractivity (Wildman–Crippen MR) is 99.4 cm³/mol. The van der Waals surface area contributed by atoms with E-state index in [9.17, 15) is 40.5 Å². The molecule has 0 aliphatic carbocycles. The molecule has 1 aliphatic heterocycles. The van der Waals surface area contributed by atoms with Crippen LogP contribution >= 0.6 is 0 Å². The smallest absolute Gasteiger partial charge is 0.229 e. The number of aliphatic hydroxyl groups is 4. The molecule has 1 fully saturated rings. The molecule has 0 amide bonds. The third-order valence-electron chi connectivity index (χ3n) is 4.93. The normalized spacial score (nSPS) is 26.9. The van der Waals surface area contributed by atoms with Crippen molar-refractivity contribution in [3.05, 3.63) is 34.5 Å². The van der Waals surface area contributed by atoms with E-state index in [1.54, 1.807) is 0 Å². The van der Waals surface area contributed by atoms with Crippen molar-refractivity contribution in [3.8, 4) is 23.0 Å². The van der Waals surface area contributed by atoms with E-state index in [-0.39, 0.29) is 33.4 Å². The number of phenols is 3. The van der Waals surface area contributed by atoms with E-state index < -0.39 is 54.2 Å². The SMILES string of the molecule is O=c1c2c(O[C@@H]3O[C@H](CO)[C@@H](O)[C@@H](O)[C@H]3O)cc(O)cc2oc2ccc(O)c(O)c12. The molecule has 4 rings (SSSR count). The van der Waals surface area contributed by atoms with Crippen molar-refractivity contribution in [3.63, 3.8) is 0 Å². The second kappa shape index (κ2) is 7.31. The molecule has 3 aromatic rings. The summed E-state index contributed by atoms with van der Waals surface area (Å²) in [5.41, 5.74) is -0.997. The monoisotopic (exact) mass is 422 g/mol. The molecule has 5 atom stereocenters. The Labute approximate surface area is 167 Å². The van der Waals surface area contributed by atoms with Gasteiger partial charge in [0, 0.05) is 12.1 Å². The third-order valence-corrected chi connectivity index (χ3v) is 4.93. The molecule has 30 heavy (non-hydrogen) atoms. The van der Waals surface area contributed by atoms with Gasteiger partial charge in [0.15, 0.2) is 11.5 Å². The van der Waals surface area contributed by atoms with Gasteiger partial charge in [-0.1, -0.05) is 0 Å². The molecular weight excluding hydrogens is 404 g/mol. The van der Waals surface area contributed by atoms with Gasteiger partial charge in [0.2, 0.25) is 11.7 Å². The first-order valence-electron chi connectivity index (χ1n) is 8.84. The Bertz CT molecular complexity index is 1170. The van der Waals surface area contributed by atoms with E-state index in [1.165, 1.54) is 6.07 Å². The summed E-state index contributed by atoms with van der Waals surface area (Å²) in [6, 6.07) is 4.53. The summed E-state index contributed by atoms with van der Waals surface area (Å²) in [7, 11) is 0. The maximum absolute atomic E-state index is 13.0. The number of phenolic OH excluding ortho intramolecular Hbond substituents is 3. The fourth-order valence-electron chi connectivity index (χ4n) is 3.37. The molecule has 1 saturated heterocycles. The lowest BCUT2D eigenvalue weighted by Gasteiger charge is -2.39. The lowest BCUT2D eigenvalue weighted by atomic mass is 9.99. The van der Waals surface area contributed by atoms with Crippen molar-refractivity contribution in [2.75, 3.05) is 6.61 Å². The van der Waals surface area contributed by atoms with E-state index in [0.717, 1.165) is 18.2 Å². The molecule has 0 bridgehead atoms. The fourth-order valence-corrected chi connectivity index (χ4v) is 3.37. The third kappa shape index (κ3) is 3.09. The van der Waals surface area contributed by atoms with Crippen LogP contribution in [-0.2, 0) is 4.74 Å². The van der Waals surface area contributed by atoms with Gasteiger partial charge in [0.25, 0.3) is 0 Å². The number of aliphatic hydroxyl groups excluding tert-OH is 4. The zero-order valence-electron chi connectivity index (χ0n) is 15.2. The minimum absolute atomic E-state index is 0.0628. The largest absolute Gasteiger partial charge is 0.508 e. The van der Waals surface area contributed by atoms with Crippen LogP contribution in [0.3, 0.4) is 0 Å². The van der Waals surface area contributed by atoms with Crippen molar-refractivity contribution in [1.29, 1.82) is 0 Å². The van der Waals surface area contributed by atoms with Crippen LogP contribution in [0.4, 0.5) is 0 Å².